The molecule has 2 nitrogen and oxygen atoms in total. The van der Waals surface area contributed by atoms with Crippen molar-refractivity contribution in [1.29, 1.82) is 0 Å². The van der Waals surface area contributed by atoms with Crippen LogP contribution in [0.5, 0.6) is 0 Å². The Bertz CT molecular complexity index is 491. The molecule has 1 aromatic carbocycles. The second-order valence-corrected chi connectivity index (χ2v) is 6.12. The second-order valence-electron chi connectivity index (χ2n) is 5.01. The maximum absolute atomic E-state index is 13.8. The van der Waals surface area contributed by atoms with Crippen molar-refractivity contribution in [3.8, 4) is 0 Å². The molecule has 1 unspecified atom stereocenters. The van der Waals surface area contributed by atoms with E-state index in [1.54, 1.807) is 22.7 Å². The molecule has 5 heteroatoms. The van der Waals surface area contributed by atoms with Crippen LogP contribution in [0.15, 0.2) is 18.2 Å². The quantitative estimate of drug-likeness (QED) is 0.824. The van der Waals surface area contributed by atoms with Crippen molar-refractivity contribution in [2.24, 2.45) is 5.92 Å². The first-order chi connectivity index (χ1) is 9.58. The summed E-state index contributed by atoms with van der Waals surface area (Å²) in [6.07, 6.45) is 1.95. The second kappa shape index (κ2) is 6.57. The molecule has 1 aliphatic heterocycles. The van der Waals surface area contributed by atoms with Crippen LogP contribution in [0.4, 0.5) is 8.78 Å². The number of rotatable bonds is 5. The number of nitrogens with zero attached hydrogens (tertiary/aromatic N) is 1. The number of hydrogen-bond acceptors (Lipinski definition) is 2. The molecule has 0 N–H and O–H groups in total. The number of carbonyl (C=O) groups is 1. The van der Waals surface area contributed by atoms with Gasteiger partial charge in [-0.15, -0.1) is 11.8 Å². The van der Waals surface area contributed by atoms with E-state index in [0.717, 1.165) is 18.9 Å². The van der Waals surface area contributed by atoms with Crippen LogP contribution >= 0.6 is 11.8 Å². The van der Waals surface area contributed by atoms with E-state index in [1.807, 2.05) is 0 Å². The van der Waals surface area contributed by atoms with E-state index in [-0.39, 0.29) is 23.4 Å². The third kappa shape index (κ3) is 2.97. The van der Waals surface area contributed by atoms with E-state index < -0.39 is 11.6 Å². The highest BCUT2D eigenvalue weighted by atomic mass is 32.2. The molecule has 0 spiro atoms. The molecule has 0 bridgehead atoms. The van der Waals surface area contributed by atoms with Crippen molar-refractivity contribution in [2.75, 3.05) is 5.75 Å². The first-order valence-corrected chi connectivity index (χ1v) is 7.97. The van der Waals surface area contributed by atoms with Crippen molar-refractivity contribution >= 4 is 17.7 Å². The number of amides is 1. The third-order valence-electron chi connectivity index (χ3n) is 3.83. The summed E-state index contributed by atoms with van der Waals surface area (Å²) in [6, 6.07) is 4.12. The maximum atomic E-state index is 13.8. The fourth-order valence-electron chi connectivity index (χ4n) is 2.59. The Morgan fingerprint density at radius 3 is 2.70 bits per heavy atom. The topological polar surface area (TPSA) is 20.3 Å². The highest BCUT2D eigenvalue weighted by Crippen LogP contribution is 2.35. The first kappa shape index (κ1) is 15.3. The van der Waals surface area contributed by atoms with E-state index in [1.165, 1.54) is 6.07 Å². The molecule has 1 amide bonds. The van der Waals surface area contributed by atoms with Crippen LogP contribution < -0.4 is 0 Å². The van der Waals surface area contributed by atoms with Gasteiger partial charge in [0.2, 0.25) is 5.91 Å². The van der Waals surface area contributed by atoms with Crippen LogP contribution in [0.25, 0.3) is 0 Å². The minimum absolute atomic E-state index is 0.00978. The largest absolute Gasteiger partial charge is 0.325 e. The molecule has 0 radical (unpaired) electrons. The molecule has 20 heavy (non-hydrogen) atoms. The van der Waals surface area contributed by atoms with E-state index in [9.17, 15) is 13.6 Å². The highest BCUT2D eigenvalue weighted by molar-refractivity contribution is 8.01. The number of hydrogen-bond donors (Lipinski definition) is 0. The van der Waals surface area contributed by atoms with Gasteiger partial charge in [-0.3, -0.25) is 4.79 Å². The highest BCUT2D eigenvalue weighted by Gasteiger charge is 2.36. The van der Waals surface area contributed by atoms with Gasteiger partial charge in [0.25, 0.3) is 0 Å². The van der Waals surface area contributed by atoms with Gasteiger partial charge in [0.15, 0.2) is 11.6 Å². The standard InChI is InChI=1S/C15H19F2NOS/c1-3-10(4-2)15-18(13(19)9-20-15)8-11-6-5-7-12(16)14(11)17/h5-7,10,15H,3-4,8-9H2,1-2H3. The van der Waals surface area contributed by atoms with E-state index >= 15 is 0 Å². The van der Waals surface area contributed by atoms with Crippen LogP contribution in [-0.2, 0) is 11.3 Å². The van der Waals surface area contributed by atoms with E-state index in [4.69, 9.17) is 0 Å². The molecule has 1 saturated heterocycles. The third-order valence-corrected chi connectivity index (χ3v) is 5.22. The Hall–Kier alpha value is -1.10. The number of halogens is 2. The summed E-state index contributed by atoms with van der Waals surface area (Å²) in [5, 5.41) is 0.0696. The number of thioether (sulfide) groups is 1. The molecule has 2 rings (SSSR count). The predicted molar refractivity (Wildman–Crippen MR) is 77.2 cm³/mol. The average Bonchev–Trinajstić information content (AvgIpc) is 2.79. The molecule has 1 heterocycles. The van der Waals surface area contributed by atoms with E-state index in [0.29, 0.717) is 11.7 Å². The van der Waals surface area contributed by atoms with Gasteiger partial charge in [-0.2, -0.15) is 0 Å². The first-order valence-electron chi connectivity index (χ1n) is 6.92. The summed E-state index contributed by atoms with van der Waals surface area (Å²) in [5.41, 5.74) is 0.247. The van der Waals surface area contributed by atoms with Crippen LogP contribution in [0.3, 0.4) is 0 Å². The summed E-state index contributed by atoms with van der Waals surface area (Å²) in [5.74, 6) is -0.877. The summed E-state index contributed by atoms with van der Waals surface area (Å²) in [7, 11) is 0. The van der Waals surface area contributed by atoms with E-state index in [2.05, 4.69) is 13.8 Å². The zero-order valence-electron chi connectivity index (χ0n) is 11.7. The van der Waals surface area contributed by atoms with Gasteiger partial charge in [0.05, 0.1) is 11.1 Å². The van der Waals surface area contributed by atoms with Crippen LogP contribution in [0.1, 0.15) is 32.3 Å². The average molecular weight is 299 g/mol. The van der Waals surface area contributed by atoms with Gasteiger partial charge in [0, 0.05) is 12.1 Å². The SMILES string of the molecule is CCC(CC)C1SCC(=O)N1Cc1cccc(F)c1F. The van der Waals surface area contributed by atoms with Crippen molar-refractivity contribution in [3.63, 3.8) is 0 Å². The lowest BCUT2D eigenvalue weighted by molar-refractivity contribution is -0.129. The zero-order chi connectivity index (χ0) is 14.7. The number of carbonyl (C=O) groups excluding carboxylic acids is 1. The lowest BCUT2D eigenvalue weighted by Gasteiger charge is -2.30. The lowest BCUT2D eigenvalue weighted by atomic mass is 10.0. The molecule has 1 atom stereocenters. The van der Waals surface area contributed by atoms with Gasteiger partial charge in [-0.05, 0) is 12.0 Å². The van der Waals surface area contributed by atoms with Gasteiger partial charge >= 0.3 is 0 Å². The zero-order valence-corrected chi connectivity index (χ0v) is 12.6. The molecule has 0 saturated carbocycles. The fraction of sp³-hybridized carbons (Fsp3) is 0.533. The Labute approximate surface area is 122 Å². The Morgan fingerprint density at radius 2 is 2.05 bits per heavy atom. The van der Waals surface area contributed by atoms with Gasteiger partial charge < -0.3 is 4.90 Å². The summed E-state index contributed by atoms with van der Waals surface area (Å²) < 4.78 is 27.0. The minimum atomic E-state index is -0.860. The van der Waals surface area contributed by atoms with Crippen molar-refractivity contribution in [3.05, 3.63) is 35.4 Å². The predicted octanol–water partition coefficient (Wildman–Crippen LogP) is 3.80. The van der Waals surface area contributed by atoms with Crippen LogP contribution in [0.2, 0.25) is 0 Å². The molecule has 0 aromatic heterocycles. The fourth-order valence-corrected chi connectivity index (χ4v) is 4.09. The van der Waals surface area contributed by atoms with Gasteiger partial charge in [-0.1, -0.05) is 38.8 Å². The van der Waals surface area contributed by atoms with Gasteiger partial charge in [0.1, 0.15) is 0 Å². The smallest absolute Gasteiger partial charge is 0.233 e. The van der Waals surface area contributed by atoms with Crippen LogP contribution in [0, 0.1) is 17.6 Å². The molecule has 0 aliphatic carbocycles. The molecule has 1 fully saturated rings. The molecule has 110 valence electrons. The van der Waals surface area contributed by atoms with Crippen molar-refractivity contribution in [1.82, 2.24) is 4.90 Å². The molecular formula is C15H19F2NOS. The van der Waals surface area contributed by atoms with Gasteiger partial charge in [-0.25, -0.2) is 8.78 Å². The van der Waals surface area contributed by atoms with Crippen LogP contribution in [-0.4, -0.2) is 21.9 Å². The molecular weight excluding hydrogens is 280 g/mol. The monoisotopic (exact) mass is 299 g/mol. The molecule has 1 aliphatic rings. The minimum Gasteiger partial charge on any atom is -0.325 e. The Balaban J connectivity index is 2.21. The Morgan fingerprint density at radius 1 is 1.35 bits per heavy atom. The summed E-state index contributed by atoms with van der Waals surface area (Å²) in [6.45, 7) is 4.34. The Kier molecular flexibility index (Phi) is 5.02. The molecule has 1 aromatic rings. The summed E-state index contributed by atoms with van der Waals surface area (Å²) >= 11 is 1.61. The lowest BCUT2D eigenvalue weighted by Crippen LogP contribution is -2.36. The summed E-state index contributed by atoms with van der Waals surface area (Å²) in [4.78, 5) is 13.7. The van der Waals surface area contributed by atoms with Crippen molar-refractivity contribution < 1.29 is 13.6 Å². The normalized spacial score (nSPS) is 19.1. The van der Waals surface area contributed by atoms with Crippen molar-refractivity contribution in [2.45, 2.75) is 38.6 Å². The maximum Gasteiger partial charge on any atom is 0.233 e. The number of benzene rings is 1.